The maximum absolute atomic E-state index is 11.9. The summed E-state index contributed by atoms with van der Waals surface area (Å²) in [5, 5.41) is 0.243. The predicted octanol–water partition coefficient (Wildman–Crippen LogP) is 1.86. The Hall–Kier alpha value is -0.400. The molecule has 118 valence electrons. The van der Waals surface area contributed by atoms with E-state index in [0.29, 0.717) is 19.3 Å². The van der Waals surface area contributed by atoms with Gasteiger partial charge in [0.05, 0.1) is 19.6 Å². The average molecular weight is 323 g/mol. The zero-order valence-electron chi connectivity index (χ0n) is 12.9. The summed E-state index contributed by atoms with van der Waals surface area (Å²) in [4.78, 5) is 25.1. The molecule has 0 saturated carbocycles. The highest BCUT2D eigenvalue weighted by atomic mass is 32.2. The number of carbonyl (C=O) groups is 2. The number of ether oxygens (including phenoxy) is 2. The van der Waals surface area contributed by atoms with Crippen LogP contribution in [0.1, 0.15) is 19.3 Å². The second kappa shape index (κ2) is 11.3. The molecule has 0 aromatic rings. The van der Waals surface area contributed by atoms with E-state index in [2.05, 4.69) is 4.74 Å². The molecule has 0 bridgehead atoms. The molecule has 0 saturated heterocycles. The van der Waals surface area contributed by atoms with Crippen molar-refractivity contribution in [3.8, 4) is 0 Å². The first-order chi connectivity index (χ1) is 9.51. The van der Waals surface area contributed by atoms with Crippen molar-refractivity contribution in [1.82, 2.24) is 4.90 Å². The van der Waals surface area contributed by atoms with E-state index in [1.165, 1.54) is 14.2 Å². The summed E-state index contributed by atoms with van der Waals surface area (Å²) in [7, 11) is 4.69. The monoisotopic (exact) mass is 323 g/mol. The van der Waals surface area contributed by atoms with Crippen LogP contribution in [0, 0.1) is 0 Å². The summed E-state index contributed by atoms with van der Waals surface area (Å²) in [6.07, 6.45) is 5.59. The molecule has 5 nitrogen and oxygen atoms in total. The van der Waals surface area contributed by atoms with Crippen LogP contribution >= 0.6 is 23.5 Å². The lowest BCUT2D eigenvalue weighted by molar-refractivity contribution is -0.147. The zero-order chi connectivity index (χ0) is 15.5. The average Bonchev–Trinajstić information content (AvgIpc) is 2.47. The van der Waals surface area contributed by atoms with Crippen LogP contribution in [0.25, 0.3) is 0 Å². The van der Waals surface area contributed by atoms with E-state index in [1.807, 2.05) is 24.5 Å². The summed E-state index contributed by atoms with van der Waals surface area (Å²) in [6.45, 7) is 0. The third-order valence-corrected chi connectivity index (χ3v) is 4.99. The smallest absolute Gasteiger partial charge is 0.323 e. The van der Waals surface area contributed by atoms with E-state index in [9.17, 15) is 9.59 Å². The number of carbonyl (C=O) groups excluding carboxylic acids is 2. The Kier molecular flexibility index (Phi) is 11.1. The fraction of sp³-hybridized carbons (Fsp3) is 0.846. The Balaban J connectivity index is 4.61. The van der Waals surface area contributed by atoms with Crippen LogP contribution in [0.3, 0.4) is 0 Å². The first-order valence-corrected chi connectivity index (χ1v) is 9.08. The van der Waals surface area contributed by atoms with Crippen molar-refractivity contribution in [2.75, 3.05) is 39.5 Å². The van der Waals surface area contributed by atoms with Crippen molar-refractivity contribution >= 4 is 35.5 Å². The van der Waals surface area contributed by atoms with Gasteiger partial charge in [-0.15, -0.1) is 11.8 Å². The van der Waals surface area contributed by atoms with Gasteiger partial charge in [0, 0.05) is 12.2 Å². The van der Waals surface area contributed by atoms with Gasteiger partial charge in [-0.1, -0.05) is 0 Å². The van der Waals surface area contributed by atoms with Crippen LogP contribution in [0.4, 0.5) is 0 Å². The van der Waals surface area contributed by atoms with Crippen molar-refractivity contribution in [1.29, 1.82) is 0 Å². The highest BCUT2D eigenvalue weighted by Gasteiger charge is 2.28. The van der Waals surface area contributed by atoms with Gasteiger partial charge in [0.15, 0.2) is 0 Å². The minimum absolute atomic E-state index is 0.243. The molecule has 0 spiro atoms. The maximum atomic E-state index is 11.9. The van der Waals surface area contributed by atoms with Gasteiger partial charge < -0.3 is 9.47 Å². The van der Waals surface area contributed by atoms with Crippen LogP contribution in [-0.4, -0.2) is 67.8 Å². The molecule has 0 aliphatic rings. The Bertz CT molecular complexity index is 302. The van der Waals surface area contributed by atoms with Crippen molar-refractivity contribution < 1.29 is 19.1 Å². The number of hydrogen-bond acceptors (Lipinski definition) is 7. The molecule has 0 aromatic carbocycles. The molecule has 0 radical (unpaired) electrons. The van der Waals surface area contributed by atoms with Gasteiger partial charge in [-0.2, -0.15) is 11.8 Å². The second-order valence-electron chi connectivity index (χ2n) is 4.32. The topological polar surface area (TPSA) is 55.8 Å². The Morgan fingerprint density at radius 1 is 1.20 bits per heavy atom. The zero-order valence-corrected chi connectivity index (χ0v) is 14.5. The van der Waals surface area contributed by atoms with Gasteiger partial charge in [0.25, 0.3) is 0 Å². The summed E-state index contributed by atoms with van der Waals surface area (Å²) in [5.41, 5.74) is 0. The van der Waals surface area contributed by atoms with Crippen LogP contribution in [0.15, 0.2) is 0 Å². The molecule has 2 atom stereocenters. The van der Waals surface area contributed by atoms with Gasteiger partial charge in [-0.05, 0) is 32.4 Å². The van der Waals surface area contributed by atoms with Crippen LogP contribution in [-0.2, 0) is 19.1 Å². The maximum Gasteiger partial charge on any atom is 0.323 e. The predicted molar refractivity (Wildman–Crippen MR) is 85.1 cm³/mol. The number of rotatable bonds is 10. The summed E-state index contributed by atoms with van der Waals surface area (Å²) in [6, 6.07) is -0.325. The molecule has 20 heavy (non-hydrogen) atoms. The molecular weight excluding hydrogens is 298 g/mol. The summed E-state index contributed by atoms with van der Waals surface area (Å²) < 4.78 is 9.49. The van der Waals surface area contributed by atoms with Gasteiger partial charge in [0.1, 0.15) is 6.04 Å². The largest absolute Gasteiger partial charge is 0.469 e. The Labute approximate surface area is 130 Å². The fourth-order valence-corrected chi connectivity index (χ4v) is 3.81. The van der Waals surface area contributed by atoms with Crippen molar-refractivity contribution in [2.24, 2.45) is 0 Å². The van der Waals surface area contributed by atoms with E-state index in [-0.39, 0.29) is 23.4 Å². The molecule has 0 aliphatic carbocycles. The molecule has 0 heterocycles. The lowest BCUT2D eigenvalue weighted by Gasteiger charge is -2.32. The van der Waals surface area contributed by atoms with E-state index >= 15 is 0 Å². The third kappa shape index (κ3) is 6.85. The molecule has 0 N–H and O–H groups in total. The van der Waals surface area contributed by atoms with Gasteiger partial charge >= 0.3 is 11.9 Å². The minimum Gasteiger partial charge on any atom is -0.469 e. The lowest BCUT2D eigenvalue weighted by atomic mass is 10.1. The van der Waals surface area contributed by atoms with Crippen LogP contribution in [0.5, 0.6) is 0 Å². The van der Waals surface area contributed by atoms with Crippen molar-refractivity contribution in [3.05, 3.63) is 0 Å². The SMILES string of the molecule is COC(=O)CCCC(C(=O)OC)N(C)C(CSC)SC. The van der Waals surface area contributed by atoms with E-state index in [0.717, 1.165) is 5.75 Å². The molecular formula is C13H25NO4S2. The van der Waals surface area contributed by atoms with Crippen LogP contribution < -0.4 is 0 Å². The second-order valence-corrected chi connectivity index (χ2v) is 6.24. The van der Waals surface area contributed by atoms with E-state index in [1.54, 1.807) is 23.5 Å². The molecule has 0 aromatic heterocycles. The third-order valence-electron chi connectivity index (χ3n) is 3.09. The first kappa shape index (κ1) is 19.6. The van der Waals surface area contributed by atoms with Gasteiger partial charge in [-0.25, -0.2) is 0 Å². The quantitative estimate of drug-likeness (QED) is 0.449. The highest BCUT2D eigenvalue weighted by molar-refractivity contribution is 8.02. The number of thioether (sulfide) groups is 2. The van der Waals surface area contributed by atoms with Gasteiger partial charge in [-0.3, -0.25) is 14.5 Å². The van der Waals surface area contributed by atoms with E-state index < -0.39 is 0 Å². The highest BCUT2D eigenvalue weighted by Crippen LogP contribution is 2.21. The van der Waals surface area contributed by atoms with Crippen molar-refractivity contribution in [2.45, 2.75) is 30.7 Å². The molecule has 7 heteroatoms. The molecule has 0 rings (SSSR count). The first-order valence-electron chi connectivity index (χ1n) is 6.40. The number of likely N-dealkylation sites (N-methyl/N-ethyl adjacent to an activating group) is 1. The summed E-state index contributed by atoms with van der Waals surface area (Å²) in [5.74, 6) is 0.432. The van der Waals surface area contributed by atoms with Crippen molar-refractivity contribution in [3.63, 3.8) is 0 Å². The number of nitrogens with zero attached hydrogens (tertiary/aromatic N) is 1. The number of methoxy groups -OCH3 is 2. The number of hydrogen-bond donors (Lipinski definition) is 0. The van der Waals surface area contributed by atoms with E-state index in [4.69, 9.17) is 4.74 Å². The minimum atomic E-state index is -0.325. The van der Waals surface area contributed by atoms with Gasteiger partial charge in [0.2, 0.25) is 0 Å². The lowest BCUT2D eigenvalue weighted by Crippen LogP contribution is -2.45. The summed E-state index contributed by atoms with van der Waals surface area (Å²) >= 11 is 3.45. The van der Waals surface area contributed by atoms with Crippen LogP contribution in [0.2, 0.25) is 0 Å². The Morgan fingerprint density at radius 2 is 1.85 bits per heavy atom. The standard InChI is InChI=1S/C13H25NO4S2/c1-14(11(20-5)9-19-4)10(13(16)18-3)7-6-8-12(15)17-2/h10-11H,6-9H2,1-5H3. The molecule has 2 unspecified atom stereocenters. The molecule has 0 fully saturated rings. The Morgan fingerprint density at radius 3 is 2.30 bits per heavy atom. The molecule has 0 aliphatic heterocycles. The fourth-order valence-electron chi connectivity index (χ4n) is 1.86. The molecule has 0 amide bonds. The number of esters is 2. The normalized spacial score (nSPS) is 13.9.